The lowest BCUT2D eigenvalue weighted by molar-refractivity contribution is 0.620. The van der Waals surface area contributed by atoms with Crippen LogP contribution in [0.15, 0.2) is 36.8 Å². The Morgan fingerprint density at radius 3 is 2.87 bits per heavy atom. The molecule has 0 aromatic carbocycles. The Labute approximate surface area is 91.8 Å². The lowest BCUT2D eigenvalue weighted by Crippen LogP contribution is -1.92. The fraction of sp³-hybridized carbons (Fsp3) is 0.0909. The Bertz CT molecular complexity index is 459. The van der Waals surface area contributed by atoms with Gasteiger partial charge >= 0.3 is 0 Å². The van der Waals surface area contributed by atoms with Crippen LogP contribution in [0.4, 0.5) is 4.39 Å². The lowest BCUT2D eigenvalue weighted by Gasteiger charge is -2.05. The summed E-state index contributed by atoms with van der Waals surface area (Å²) in [5.74, 6) is -0.145. The average Bonchev–Trinajstić information content (AvgIpc) is 2.30. The van der Waals surface area contributed by atoms with Gasteiger partial charge in [0.1, 0.15) is 5.82 Å². The zero-order valence-electron chi connectivity index (χ0n) is 7.82. The van der Waals surface area contributed by atoms with Crippen molar-refractivity contribution in [2.24, 2.45) is 0 Å². The van der Waals surface area contributed by atoms with Crippen molar-refractivity contribution in [1.29, 1.82) is 0 Å². The monoisotopic (exact) mass is 222 g/mol. The van der Waals surface area contributed by atoms with E-state index in [0.717, 1.165) is 5.56 Å². The molecule has 76 valence electrons. The van der Waals surface area contributed by atoms with Crippen LogP contribution >= 0.6 is 11.6 Å². The van der Waals surface area contributed by atoms with E-state index < -0.39 is 0 Å². The molecule has 2 aromatic heterocycles. The average molecular weight is 223 g/mol. The van der Waals surface area contributed by atoms with Gasteiger partial charge in [-0.3, -0.25) is 9.97 Å². The van der Waals surface area contributed by atoms with Crippen molar-refractivity contribution in [2.45, 2.75) is 5.88 Å². The molecule has 0 aliphatic rings. The third-order valence-electron chi connectivity index (χ3n) is 2.01. The van der Waals surface area contributed by atoms with Crippen LogP contribution in [0.5, 0.6) is 0 Å². The van der Waals surface area contributed by atoms with Crippen molar-refractivity contribution in [1.82, 2.24) is 9.97 Å². The molecule has 0 radical (unpaired) electrons. The topological polar surface area (TPSA) is 25.8 Å². The highest BCUT2D eigenvalue weighted by Crippen LogP contribution is 2.22. The van der Waals surface area contributed by atoms with Gasteiger partial charge in [-0.2, -0.15) is 0 Å². The highest BCUT2D eigenvalue weighted by atomic mass is 35.5. The summed E-state index contributed by atoms with van der Waals surface area (Å²) >= 11 is 5.73. The number of aromatic nitrogens is 2. The van der Waals surface area contributed by atoms with Gasteiger partial charge in [0.15, 0.2) is 0 Å². The number of rotatable bonds is 2. The first-order valence-electron chi connectivity index (χ1n) is 4.42. The molecule has 0 fully saturated rings. The molecule has 0 N–H and O–H groups in total. The largest absolute Gasteiger partial charge is 0.264 e. The number of hydrogen-bond acceptors (Lipinski definition) is 2. The van der Waals surface area contributed by atoms with Crippen molar-refractivity contribution in [3.8, 4) is 11.3 Å². The molecule has 0 amide bonds. The van der Waals surface area contributed by atoms with Gasteiger partial charge in [-0.25, -0.2) is 4.39 Å². The number of halogens is 2. The fourth-order valence-electron chi connectivity index (χ4n) is 1.35. The molecule has 0 atom stereocenters. The summed E-state index contributed by atoms with van der Waals surface area (Å²) in [6.45, 7) is 0. The summed E-state index contributed by atoms with van der Waals surface area (Å²) in [6.07, 6.45) is 4.53. The standard InChI is InChI=1S/C11H8ClFN2/c12-5-9-4-10(13)7-15-11(9)8-2-1-3-14-6-8/h1-4,6-7H,5H2. The first kappa shape index (κ1) is 10.1. The molecule has 2 aromatic rings. The van der Waals surface area contributed by atoms with E-state index in [4.69, 9.17) is 11.6 Å². The molecule has 0 unspecified atom stereocenters. The maximum absolute atomic E-state index is 12.9. The van der Waals surface area contributed by atoms with E-state index in [1.165, 1.54) is 12.3 Å². The summed E-state index contributed by atoms with van der Waals surface area (Å²) in [5, 5.41) is 0. The van der Waals surface area contributed by atoms with Gasteiger partial charge in [-0.15, -0.1) is 11.6 Å². The van der Waals surface area contributed by atoms with Crippen molar-refractivity contribution in [2.75, 3.05) is 0 Å². The molecule has 0 aliphatic carbocycles. The summed E-state index contributed by atoms with van der Waals surface area (Å²) in [6, 6.07) is 5.06. The van der Waals surface area contributed by atoms with E-state index in [9.17, 15) is 4.39 Å². The molecule has 2 rings (SSSR count). The summed E-state index contributed by atoms with van der Waals surface area (Å²) in [5.41, 5.74) is 2.19. The normalized spacial score (nSPS) is 10.3. The molecule has 2 nitrogen and oxygen atoms in total. The zero-order chi connectivity index (χ0) is 10.7. The van der Waals surface area contributed by atoms with E-state index in [1.54, 1.807) is 18.5 Å². The second-order valence-electron chi connectivity index (χ2n) is 3.04. The van der Waals surface area contributed by atoms with Crippen molar-refractivity contribution in [3.05, 3.63) is 48.2 Å². The number of pyridine rings is 2. The molecule has 0 saturated heterocycles. The SMILES string of the molecule is Fc1cnc(-c2cccnc2)c(CCl)c1. The molecule has 2 heterocycles. The molecular formula is C11H8ClFN2. The molecule has 0 bridgehead atoms. The van der Waals surface area contributed by atoms with Crippen LogP contribution in [0.2, 0.25) is 0 Å². The molecular weight excluding hydrogens is 215 g/mol. The van der Waals surface area contributed by atoms with Crippen molar-refractivity contribution in [3.63, 3.8) is 0 Å². The predicted molar refractivity (Wildman–Crippen MR) is 57.0 cm³/mol. The summed E-state index contributed by atoms with van der Waals surface area (Å²) in [7, 11) is 0. The van der Waals surface area contributed by atoms with Gasteiger partial charge in [-0.05, 0) is 23.8 Å². The van der Waals surface area contributed by atoms with Crippen LogP contribution in [0.3, 0.4) is 0 Å². The van der Waals surface area contributed by atoms with Crippen LogP contribution in [0.25, 0.3) is 11.3 Å². The van der Waals surface area contributed by atoms with Crippen molar-refractivity contribution < 1.29 is 4.39 Å². The third-order valence-corrected chi connectivity index (χ3v) is 2.30. The maximum atomic E-state index is 12.9. The third kappa shape index (κ3) is 2.13. The Balaban J connectivity index is 2.53. The quantitative estimate of drug-likeness (QED) is 0.730. The van der Waals surface area contributed by atoms with Gasteiger partial charge in [0, 0.05) is 23.8 Å². The number of hydrogen-bond donors (Lipinski definition) is 0. The Morgan fingerprint density at radius 1 is 1.33 bits per heavy atom. The van der Waals surface area contributed by atoms with Crippen LogP contribution in [0, 0.1) is 5.82 Å². The van der Waals surface area contributed by atoms with Crippen LogP contribution in [-0.4, -0.2) is 9.97 Å². The van der Waals surface area contributed by atoms with Crippen molar-refractivity contribution >= 4 is 11.6 Å². The predicted octanol–water partition coefficient (Wildman–Crippen LogP) is 3.02. The zero-order valence-corrected chi connectivity index (χ0v) is 8.58. The van der Waals surface area contributed by atoms with E-state index in [-0.39, 0.29) is 11.7 Å². The van der Waals surface area contributed by atoms with E-state index >= 15 is 0 Å². The molecule has 0 spiro atoms. The Morgan fingerprint density at radius 2 is 2.20 bits per heavy atom. The van der Waals surface area contributed by atoms with Crippen LogP contribution < -0.4 is 0 Å². The second-order valence-corrected chi connectivity index (χ2v) is 3.30. The fourth-order valence-corrected chi connectivity index (χ4v) is 1.55. The Kier molecular flexibility index (Phi) is 2.92. The van der Waals surface area contributed by atoms with Gasteiger partial charge in [0.05, 0.1) is 11.9 Å². The first-order chi connectivity index (χ1) is 7.31. The van der Waals surface area contributed by atoms with Gasteiger partial charge in [-0.1, -0.05) is 0 Å². The molecule has 0 aliphatic heterocycles. The smallest absolute Gasteiger partial charge is 0.141 e. The highest BCUT2D eigenvalue weighted by molar-refractivity contribution is 6.17. The van der Waals surface area contributed by atoms with Crippen LogP contribution in [0.1, 0.15) is 5.56 Å². The first-order valence-corrected chi connectivity index (χ1v) is 4.95. The van der Waals surface area contributed by atoms with E-state index in [1.807, 2.05) is 6.07 Å². The molecule has 4 heteroatoms. The second kappa shape index (κ2) is 4.36. The lowest BCUT2D eigenvalue weighted by atomic mass is 10.1. The minimum Gasteiger partial charge on any atom is -0.264 e. The minimum absolute atomic E-state index is 0.231. The van der Waals surface area contributed by atoms with Gasteiger partial charge in [0.2, 0.25) is 0 Å². The minimum atomic E-state index is -0.377. The van der Waals surface area contributed by atoms with Gasteiger partial charge < -0.3 is 0 Å². The van der Waals surface area contributed by atoms with Gasteiger partial charge in [0.25, 0.3) is 0 Å². The van der Waals surface area contributed by atoms with E-state index in [0.29, 0.717) is 11.3 Å². The molecule has 15 heavy (non-hydrogen) atoms. The maximum Gasteiger partial charge on any atom is 0.141 e. The number of alkyl halides is 1. The Hall–Kier alpha value is -1.48. The molecule has 0 saturated carbocycles. The summed E-state index contributed by atoms with van der Waals surface area (Å²) < 4.78 is 12.9. The highest BCUT2D eigenvalue weighted by Gasteiger charge is 2.07. The van der Waals surface area contributed by atoms with Crippen LogP contribution in [-0.2, 0) is 5.88 Å². The van der Waals surface area contributed by atoms with E-state index in [2.05, 4.69) is 9.97 Å². The summed E-state index contributed by atoms with van der Waals surface area (Å²) in [4.78, 5) is 8.00. The number of nitrogens with zero attached hydrogens (tertiary/aromatic N) is 2.